The van der Waals surface area contributed by atoms with Crippen molar-refractivity contribution in [2.75, 3.05) is 13.1 Å². The maximum absolute atomic E-state index is 2.67. The Hall–Kier alpha value is -0.0800. The SMILES string of the molecule is CCC(CC)N1CCCCC1.O. The van der Waals surface area contributed by atoms with Crippen LogP contribution in [0.15, 0.2) is 0 Å². The summed E-state index contributed by atoms with van der Waals surface area (Å²) in [6, 6.07) is 0.871. The van der Waals surface area contributed by atoms with Gasteiger partial charge in [-0.15, -0.1) is 0 Å². The van der Waals surface area contributed by atoms with Crippen LogP contribution >= 0.6 is 0 Å². The number of nitrogens with zero attached hydrogens (tertiary/aromatic N) is 1. The van der Waals surface area contributed by atoms with Crippen LogP contribution in [-0.2, 0) is 0 Å². The highest BCUT2D eigenvalue weighted by Crippen LogP contribution is 2.15. The highest BCUT2D eigenvalue weighted by Gasteiger charge is 2.16. The Morgan fingerprint density at radius 2 is 1.50 bits per heavy atom. The van der Waals surface area contributed by atoms with Gasteiger partial charge in [-0.25, -0.2) is 0 Å². The van der Waals surface area contributed by atoms with E-state index < -0.39 is 0 Å². The minimum absolute atomic E-state index is 0. The lowest BCUT2D eigenvalue weighted by Crippen LogP contribution is -2.38. The molecule has 1 saturated heterocycles. The molecule has 0 aliphatic carbocycles. The van der Waals surface area contributed by atoms with E-state index in [9.17, 15) is 0 Å². The maximum Gasteiger partial charge on any atom is 0.00900 e. The van der Waals surface area contributed by atoms with Gasteiger partial charge in [0.2, 0.25) is 0 Å². The van der Waals surface area contributed by atoms with Crippen molar-refractivity contribution < 1.29 is 5.48 Å². The van der Waals surface area contributed by atoms with Gasteiger partial charge in [0.1, 0.15) is 0 Å². The summed E-state index contributed by atoms with van der Waals surface area (Å²) in [4.78, 5) is 2.67. The lowest BCUT2D eigenvalue weighted by atomic mass is 10.1. The third-order valence-corrected chi connectivity index (χ3v) is 2.85. The minimum Gasteiger partial charge on any atom is -0.412 e. The Kier molecular flexibility index (Phi) is 6.39. The number of hydrogen-bond acceptors (Lipinski definition) is 1. The van der Waals surface area contributed by atoms with Gasteiger partial charge in [-0.05, 0) is 38.8 Å². The van der Waals surface area contributed by atoms with Gasteiger partial charge in [0.15, 0.2) is 0 Å². The summed E-state index contributed by atoms with van der Waals surface area (Å²) in [6.45, 7) is 7.32. The van der Waals surface area contributed by atoms with E-state index in [-0.39, 0.29) is 5.48 Å². The molecule has 1 rings (SSSR count). The number of rotatable bonds is 3. The minimum atomic E-state index is 0. The second-order valence-electron chi connectivity index (χ2n) is 3.57. The molecule has 0 saturated carbocycles. The first-order chi connectivity index (χ1) is 5.38. The third kappa shape index (κ3) is 3.11. The summed E-state index contributed by atoms with van der Waals surface area (Å²) in [5.41, 5.74) is 0. The van der Waals surface area contributed by atoms with Crippen LogP contribution < -0.4 is 0 Å². The van der Waals surface area contributed by atoms with Gasteiger partial charge in [-0.1, -0.05) is 20.3 Å². The molecule has 2 nitrogen and oxygen atoms in total. The van der Waals surface area contributed by atoms with E-state index in [1.54, 1.807) is 0 Å². The van der Waals surface area contributed by atoms with Gasteiger partial charge >= 0.3 is 0 Å². The molecule has 1 heterocycles. The highest BCUT2D eigenvalue weighted by atomic mass is 16.0. The fourth-order valence-corrected chi connectivity index (χ4v) is 2.09. The lowest BCUT2D eigenvalue weighted by Gasteiger charge is -2.33. The molecule has 0 aromatic heterocycles. The summed E-state index contributed by atoms with van der Waals surface area (Å²) in [6.07, 6.45) is 6.97. The van der Waals surface area contributed by atoms with Crippen molar-refractivity contribution in [1.29, 1.82) is 0 Å². The van der Waals surface area contributed by atoms with Crippen LogP contribution in [-0.4, -0.2) is 29.5 Å². The van der Waals surface area contributed by atoms with E-state index >= 15 is 0 Å². The molecule has 2 N–H and O–H groups in total. The summed E-state index contributed by atoms with van der Waals surface area (Å²) in [5.74, 6) is 0. The first-order valence-electron chi connectivity index (χ1n) is 5.12. The van der Waals surface area contributed by atoms with Crippen LogP contribution in [0.5, 0.6) is 0 Å². The van der Waals surface area contributed by atoms with E-state index in [2.05, 4.69) is 18.7 Å². The molecule has 0 bridgehead atoms. The highest BCUT2D eigenvalue weighted by molar-refractivity contribution is 4.72. The van der Waals surface area contributed by atoms with Crippen LogP contribution in [0.3, 0.4) is 0 Å². The summed E-state index contributed by atoms with van der Waals surface area (Å²) in [5, 5.41) is 0. The molecule has 0 unspecified atom stereocenters. The van der Waals surface area contributed by atoms with Crippen molar-refractivity contribution in [3.05, 3.63) is 0 Å². The van der Waals surface area contributed by atoms with Crippen LogP contribution in [0.2, 0.25) is 0 Å². The topological polar surface area (TPSA) is 34.7 Å². The van der Waals surface area contributed by atoms with Gasteiger partial charge in [0, 0.05) is 6.04 Å². The van der Waals surface area contributed by atoms with Crippen LogP contribution in [0.4, 0.5) is 0 Å². The molecule has 2 heteroatoms. The Balaban J connectivity index is 0.00000121. The monoisotopic (exact) mass is 173 g/mol. The average molecular weight is 173 g/mol. The summed E-state index contributed by atoms with van der Waals surface area (Å²) >= 11 is 0. The Morgan fingerprint density at radius 1 is 1.00 bits per heavy atom. The van der Waals surface area contributed by atoms with Crippen molar-refractivity contribution in [2.45, 2.75) is 52.0 Å². The molecule has 12 heavy (non-hydrogen) atoms. The van der Waals surface area contributed by atoms with Crippen molar-refractivity contribution in [3.63, 3.8) is 0 Å². The van der Waals surface area contributed by atoms with E-state index in [1.807, 2.05) is 0 Å². The Labute approximate surface area is 76.3 Å². The molecule has 0 aromatic carbocycles. The Bertz CT molecular complexity index is 96.0. The number of hydrogen-bond donors (Lipinski definition) is 0. The van der Waals surface area contributed by atoms with Crippen LogP contribution in [0.25, 0.3) is 0 Å². The van der Waals surface area contributed by atoms with Gasteiger partial charge in [0.25, 0.3) is 0 Å². The third-order valence-electron chi connectivity index (χ3n) is 2.85. The van der Waals surface area contributed by atoms with Crippen LogP contribution in [0, 0.1) is 0 Å². The largest absolute Gasteiger partial charge is 0.412 e. The van der Waals surface area contributed by atoms with Gasteiger partial charge in [-0.2, -0.15) is 0 Å². The first-order valence-corrected chi connectivity index (χ1v) is 5.12. The fourth-order valence-electron chi connectivity index (χ4n) is 2.09. The molecule has 0 atom stereocenters. The first kappa shape index (κ1) is 11.9. The average Bonchev–Trinajstić information content (AvgIpc) is 2.09. The quantitative estimate of drug-likeness (QED) is 0.641. The predicted octanol–water partition coefficient (Wildman–Crippen LogP) is 1.84. The summed E-state index contributed by atoms with van der Waals surface area (Å²) in [7, 11) is 0. The zero-order valence-electron chi connectivity index (χ0n) is 8.47. The molecule has 74 valence electrons. The molecule has 1 aliphatic rings. The zero-order valence-corrected chi connectivity index (χ0v) is 8.47. The molecule has 0 spiro atoms. The fraction of sp³-hybridized carbons (Fsp3) is 1.00. The van der Waals surface area contributed by atoms with Gasteiger partial charge < -0.3 is 10.4 Å². The second kappa shape index (κ2) is 6.44. The van der Waals surface area contributed by atoms with Crippen molar-refractivity contribution in [1.82, 2.24) is 4.90 Å². The zero-order chi connectivity index (χ0) is 8.10. The standard InChI is InChI=1S/C10H21N.H2O/c1-3-10(4-2)11-8-6-5-7-9-11;/h10H,3-9H2,1-2H3;1H2. The predicted molar refractivity (Wildman–Crippen MR) is 53.4 cm³/mol. The molecule has 1 aliphatic heterocycles. The van der Waals surface area contributed by atoms with E-state index in [4.69, 9.17) is 0 Å². The van der Waals surface area contributed by atoms with E-state index in [0.29, 0.717) is 0 Å². The molecule has 1 fully saturated rings. The number of piperidine rings is 1. The van der Waals surface area contributed by atoms with Crippen molar-refractivity contribution in [2.24, 2.45) is 0 Å². The van der Waals surface area contributed by atoms with E-state index in [0.717, 1.165) is 6.04 Å². The molecule has 0 amide bonds. The summed E-state index contributed by atoms with van der Waals surface area (Å²) < 4.78 is 0. The second-order valence-corrected chi connectivity index (χ2v) is 3.57. The maximum atomic E-state index is 2.67. The lowest BCUT2D eigenvalue weighted by molar-refractivity contribution is 0.155. The molecular weight excluding hydrogens is 150 g/mol. The van der Waals surface area contributed by atoms with Gasteiger partial charge in [-0.3, -0.25) is 0 Å². The van der Waals surface area contributed by atoms with E-state index in [1.165, 1.54) is 45.2 Å². The van der Waals surface area contributed by atoms with Crippen molar-refractivity contribution >= 4 is 0 Å². The van der Waals surface area contributed by atoms with Crippen LogP contribution in [0.1, 0.15) is 46.0 Å². The smallest absolute Gasteiger partial charge is 0.00900 e. The van der Waals surface area contributed by atoms with Crippen molar-refractivity contribution in [3.8, 4) is 0 Å². The molecule has 0 radical (unpaired) electrons. The molecule has 0 aromatic rings. The van der Waals surface area contributed by atoms with Gasteiger partial charge in [0.05, 0.1) is 0 Å². The number of likely N-dealkylation sites (tertiary alicyclic amines) is 1. The normalized spacial score (nSPS) is 19.2. The Morgan fingerprint density at radius 3 is 1.92 bits per heavy atom. The molecular formula is C10H23NO.